The van der Waals surface area contributed by atoms with Gasteiger partial charge in [-0.3, -0.25) is 0 Å². The van der Waals surface area contributed by atoms with Crippen LogP contribution in [0.25, 0.3) is 0 Å². The van der Waals surface area contributed by atoms with Gasteiger partial charge in [0.2, 0.25) is 0 Å². The summed E-state index contributed by atoms with van der Waals surface area (Å²) in [6.07, 6.45) is 1.34. The first-order valence-electron chi connectivity index (χ1n) is 6.00. The van der Waals surface area contributed by atoms with Crippen molar-refractivity contribution in [3.05, 3.63) is 28.3 Å². The van der Waals surface area contributed by atoms with Gasteiger partial charge < -0.3 is 14.8 Å². The number of hydrogen-bond donors (Lipinski definition) is 1. The summed E-state index contributed by atoms with van der Waals surface area (Å²) in [7, 11) is 3.49. The quantitative estimate of drug-likeness (QED) is 0.861. The molecule has 3 nitrogen and oxygen atoms in total. The van der Waals surface area contributed by atoms with Gasteiger partial charge in [0, 0.05) is 12.5 Å². The molecule has 0 aliphatic carbocycles. The lowest BCUT2D eigenvalue weighted by Crippen LogP contribution is -2.18. The largest absolute Gasteiger partial charge is 0.495 e. The minimum atomic E-state index is 0.136. The van der Waals surface area contributed by atoms with Crippen LogP contribution in [-0.4, -0.2) is 19.9 Å². The number of Topliss-reactive ketones (excluding diaryl/α,β-unsaturated/α-hetero) is 1. The summed E-state index contributed by atoms with van der Waals surface area (Å²) in [6.45, 7) is 3.63. The van der Waals surface area contributed by atoms with E-state index in [1.165, 1.54) is 0 Å². The molecule has 0 saturated heterocycles. The number of ketones is 1. The fourth-order valence-electron chi connectivity index (χ4n) is 2.01. The van der Waals surface area contributed by atoms with Crippen molar-refractivity contribution in [3.8, 4) is 5.75 Å². The van der Waals surface area contributed by atoms with Gasteiger partial charge in [-0.1, -0.05) is 11.6 Å². The third-order valence-corrected chi connectivity index (χ3v) is 3.34. The van der Waals surface area contributed by atoms with Crippen molar-refractivity contribution in [1.29, 1.82) is 0 Å². The van der Waals surface area contributed by atoms with Crippen molar-refractivity contribution >= 4 is 17.4 Å². The van der Waals surface area contributed by atoms with Crippen molar-refractivity contribution in [2.24, 2.45) is 0 Å². The van der Waals surface area contributed by atoms with Gasteiger partial charge >= 0.3 is 0 Å². The van der Waals surface area contributed by atoms with Gasteiger partial charge in [0.25, 0.3) is 0 Å². The van der Waals surface area contributed by atoms with E-state index >= 15 is 0 Å². The molecule has 1 rings (SSSR count). The Morgan fingerprint density at radius 2 is 2.17 bits per heavy atom. The molecule has 0 bridgehead atoms. The highest BCUT2D eigenvalue weighted by Crippen LogP contribution is 2.32. The molecule has 1 aromatic rings. The fraction of sp³-hybridized carbons (Fsp3) is 0.500. The third-order valence-electron chi connectivity index (χ3n) is 3.05. The normalized spacial score (nSPS) is 12.3. The maximum atomic E-state index is 11.1. The number of hydrogen-bond acceptors (Lipinski definition) is 3. The molecule has 1 N–H and O–H groups in total. The van der Waals surface area contributed by atoms with Gasteiger partial charge in [0.15, 0.2) is 0 Å². The highest BCUT2D eigenvalue weighted by atomic mass is 35.5. The molecule has 0 aromatic heterocycles. The van der Waals surface area contributed by atoms with E-state index in [2.05, 4.69) is 5.32 Å². The van der Waals surface area contributed by atoms with E-state index in [0.29, 0.717) is 17.2 Å². The lowest BCUT2D eigenvalue weighted by Gasteiger charge is -2.19. The number of carbonyl (C=O) groups is 1. The molecule has 4 heteroatoms. The second kappa shape index (κ2) is 6.76. The molecule has 0 amide bonds. The Hall–Kier alpha value is -1.06. The monoisotopic (exact) mass is 269 g/mol. The maximum Gasteiger partial charge on any atom is 0.137 e. The number of benzene rings is 1. The molecule has 1 aromatic carbocycles. The number of halogens is 1. The smallest absolute Gasteiger partial charge is 0.137 e. The molecular formula is C14H20ClNO2. The highest BCUT2D eigenvalue weighted by molar-refractivity contribution is 6.32. The SMILES string of the molecule is CNC(CCC(C)=O)c1cc(Cl)c(OC)cc1C. The second-order valence-corrected chi connectivity index (χ2v) is 4.83. The lowest BCUT2D eigenvalue weighted by atomic mass is 9.96. The van der Waals surface area contributed by atoms with Crippen molar-refractivity contribution in [1.82, 2.24) is 5.32 Å². The minimum absolute atomic E-state index is 0.136. The highest BCUT2D eigenvalue weighted by Gasteiger charge is 2.15. The Labute approximate surface area is 113 Å². The predicted molar refractivity (Wildman–Crippen MR) is 74.5 cm³/mol. The first-order chi connectivity index (χ1) is 8.49. The van der Waals surface area contributed by atoms with E-state index in [1.807, 2.05) is 26.1 Å². The molecule has 18 heavy (non-hydrogen) atoms. The van der Waals surface area contributed by atoms with Crippen molar-refractivity contribution in [2.45, 2.75) is 32.7 Å². The Morgan fingerprint density at radius 1 is 1.50 bits per heavy atom. The zero-order valence-corrected chi connectivity index (χ0v) is 12.1. The van der Waals surface area contributed by atoms with Crippen molar-refractivity contribution in [3.63, 3.8) is 0 Å². The summed E-state index contributed by atoms with van der Waals surface area (Å²) in [4.78, 5) is 11.1. The van der Waals surface area contributed by atoms with Gasteiger partial charge in [-0.2, -0.15) is 0 Å². The first-order valence-corrected chi connectivity index (χ1v) is 6.38. The van der Waals surface area contributed by atoms with Crippen LogP contribution in [-0.2, 0) is 4.79 Å². The molecule has 0 fully saturated rings. The third kappa shape index (κ3) is 3.72. The number of nitrogens with one attached hydrogen (secondary N) is 1. The van der Waals surface area contributed by atoms with Crippen LogP contribution in [0.2, 0.25) is 5.02 Å². The van der Waals surface area contributed by atoms with Gasteiger partial charge in [-0.15, -0.1) is 0 Å². The predicted octanol–water partition coefficient (Wildman–Crippen LogP) is 3.29. The summed E-state index contributed by atoms with van der Waals surface area (Å²) in [5.74, 6) is 0.881. The first kappa shape index (κ1) is 15.0. The Kier molecular flexibility index (Phi) is 5.63. The Balaban J connectivity index is 2.98. The van der Waals surface area contributed by atoms with Crippen LogP contribution < -0.4 is 10.1 Å². The standard InChI is InChI=1S/C14H20ClNO2/c1-9-7-14(18-4)12(15)8-11(9)13(16-3)6-5-10(2)17/h7-8,13,16H,5-6H2,1-4H3. The molecule has 1 unspecified atom stereocenters. The van der Waals surface area contributed by atoms with Crippen LogP contribution in [0, 0.1) is 6.92 Å². The molecular weight excluding hydrogens is 250 g/mol. The number of carbonyl (C=O) groups excluding carboxylic acids is 1. The molecule has 1 atom stereocenters. The van der Waals surface area contributed by atoms with E-state index in [0.717, 1.165) is 17.5 Å². The van der Waals surface area contributed by atoms with Gasteiger partial charge in [0.05, 0.1) is 12.1 Å². The fourth-order valence-corrected chi connectivity index (χ4v) is 2.25. The topological polar surface area (TPSA) is 38.3 Å². The summed E-state index contributed by atoms with van der Waals surface area (Å²) in [6, 6.07) is 3.98. The molecule has 0 saturated carbocycles. The van der Waals surface area contributed by atoms with Gasteiger partial charge in [-0.25, -0.2) is 0 Å². The van der Waals surface area contributed by atoms with Crippen LogP contribution in [0.3, 0.4) is 0 Å². The molecule has 0 heterocycles. The molecule has 0 spiro atoms. The molecule has 0 radical (unpaired) electrons. The number of ether oxygens (including phenoxy) is 1. The number of aryl methyl sites for hydroxylation is 1. The van der Waals surface area contributed by atoms with Crippen LogP contribution in [0.4, 0.5) is 0 Å². The average molecular weight is 270 g/mol. The minimum Gasteiger partial charge on any atom is -0.495 e. The zero-order chi connectivity index (χ0) is 13.7. The van der Waals surface area contributed by atoms with Gasteiger partial charge in [0.1, 0.15) is 11.5 Å². The summed E-state index contributed by atoms with van der Waals surface area (Å²) >= 11 is 6.15. The van der Waals surface area contributed by atoms with Crippen molar-refractivity contribution < 1.29 is 9.53 Å². The summed E-state index contributed by atoms with van der Waals surface area (Å²) in [5.41, 5.74) is 2.23. The molecule has 100 valence electrons. The molecule has 0 aliphatic heterocycles. The van der Waals surface area contributed by atoms with E-state index in [1.54, 1.807) is 14.0 Å². The maximum absolute atomic E-state index is 11.1. The van der Waals surface area contributed by atoms with Crippen LogP contribution in [0.1, 0.15) is 36.9 Å². The van der Waals surface area contributed by atoms with E-state index in [4.69, 9.17) is 16.3 Å². The van der Waals surface area contributed by atoms with Gasteiger partial charge in [-0.05, 0) is 50.6 Å². The Bertz CT molecular complexity index is 432. The van der Waals surface area contributed by atoms with E-state index in [9.17, 15) is 4.79 Å². The summed E-state index contributed by atoms with van der Waals surface area (Å²) < 4.78 is 5.19. The van der Waals surface area contributed by atoms with Crippen molar-refractivity contribution in [2.75, 3.05) is 14.2 Å². The lowest BCUT2D eigenvalue weighted by molar-refractivity contribution is -0.117. The second-order valence-electron chi connectivity index (χ2n) is 4.43. The van der Waals surface area contributed by atoms with Crippen LogP contribution in [0.15, 0.2) is 12.1 Å². The van der Waals surface area contributed by atoms with Crippen LogP contribution in [0.5, 0.6) is 5.75 Å². The summed E-state index contributed by atoms with van der Waals surface area (Å²) in [5, 5.41) is 3.83. The Morgan fingerprint density at radius 3 is 2.67 bits per heavy atom. The number of methoxy groups -OCH3 is 1. The number of rotatable bonds is 6. The van der Waals surface area contributed by atoms with Crippen LogP contribution >= 0.6 is 11.6 Å². The van der Waals surface area contributed by atoms with E-state index < -0.39 is 0 Å². The zero-order valence-electron chi connectivity index (χ0n) is 11.3. The average Bonchev–Trinajstić information content (AvgIpc) is 2.33. The molecule has 0 aliphatic rings. The van der Waals surface area contributed by atoms with E-state index in [-0.39, 0.29) is 11.8 Å².